The predicted octanol–water partition coefficient (Wildman–Crippen LogP) is 4.69. The van der Waals surface area contributed by atoms with Crippen molar-refractivity contribution in [2.75, 3.05) is 10.6 Å². The molecular formula is C20H16Cl2N4O2. The van der Waals surface area contributed by atoms with Gasteiger partial charge in [-0.3, -0.25) is 9.59 Å². The number of fused-ring (bicyclic) bond motifs is 1. The Hall–Kier alpha value is -2.83. The number of anilines is 2. The number of carbonyl (C=O) groups excluding carboxylic acids is 2. The third kappa shape index (κ3) is 3.48. The fourth-order valence-electron chi connectivity index (χ4n) is 3.22. The Morgan fingerprint density at radius 2 is 1.93 bits per heavy atom. The van der Waals surface area contributed by atoms with E-state index in [9.17, 15) is 9.59 Å². The van der Waals surface area contributed by atoms with Crippen LogP contribution >= 0.6 is 23.2 Å². The van der Waals surface area contributed by atoms with Gasteiger partial charge in [0.2, 0.25) is 11.8 Å². The van der Waals surface area contributed by atoms with Gasteiger partial charge >= 0.3 is 0 Å². The zero-order valence-corrected chi connectivity index (χ0v) is 16.4. The van der Waals surface area contributed by atoms with Gasteiger partial charge in [-0.15, -0.1) is 0 Å². The molecule has 2 amide bonds. The molecule has 142 valence electrons. The van der Waals surface area contributed by atoms with Crippen LogP contribution in [0, 0.1) is 6.92 Å². The molecular weight excluding hydrogens is 399 g/mol. The SMILES string of the molecule is Cc1c(-c2ccc(Cl)cc2)nn2c1NC(=O)C[C@H]2C(=O)Nc1cccc(Cl)c1. The molecule has 1 atom stereocenters. The Morgan fingerprint density at radius 1 is 1.18 bits per heavy atom. The van der Waals surface area contributed by atoms with Crippen molar-refractivity contribution in [3.8, 4) is 11.3 Å². The lowest BCUT2D eigenvalue weighted by atomic mass is 10.1. The second-order valence-electron chi connectivity index (χ2n) is 6.54. The van der Waals surface area contributed by atoms with Crippen LogP contribution in [0.2, 0.25) is 10.0 Å². The standard InChI is InChI=1S/C20H16Cl2N4O2/c1-11-18(12-5-7-13(21)8-6-12)25-26-16(10-17(27)24-19(11)26)20(28)23-15-4-2-3-14(22)9-15/h2-9,16H,10H2,1H3,(H,23,28)(H,24,27)/t16-/m0/s1. The second-order valence-corrected chi connectivity index (χ2v) is 7.41. The summed E-state index contributed by atoms with van der Waals surface area (Å²) in [6.45, 7) is 1.86. The Kier molecular flexibility index (Phi) is 4.83. The van der Waals surface area contributed by atoms with E-state index in [1.807, 2.05) is 19.1 Å². The third-order valence-corrected chi connectivity index (χ3v) is 5.08. The highest BCUT2D eigenvalue weighted by molar-refractivity contribution is 6.31. The summed E-state index contributed by atoms with van der Waals surface area (Å²) >= 11 is 11.9. The lowest BCUT2D eigenvalue weighted by Crippen LogP contribution is -2.35. The van der Waals surface area contributed by atoms with Crippen LogP contribution in [0.15, 0.2) is 48.5 Å². The molecule has 6 nitrogen and oxygen atoms in total. The van der Waals surface area contributed by atoms with Crippen molar-refractivity contribution >= 4 is 46.5 Å². The molecule has 2 N–H and O–H groups in total. The Morgan fingerprint density at radius 3 is 2.64 bits per heavy atom. The topological polar surface area (TPSA) is 76.0 Å². The molecule has 0 fully saturated rings. The molecule has 0 aliphatic carbocycles. The van der Waals surface area contributed by atoms with Crippen molar-refractivity contribution in [1.82, 2.24) is 9.78 Å². The number of aromatic nitrogens is 2. The van der Waals surface area contributed by atoms with Crippen LogP contribution in [0.25, 0.3) is 11.3 Å². The predicted molar refractivity (Wildman–Crippen MR) is 110 cm³/mol. The lowest BCUT2D eigenvalue weighted by molar-refractivity contribution is -0.125. The van der Waals surface area contributed by atoms with E-state index in [0.29, 0.717) is 27.2 Å². The summed E-state index contributed by atoms with van der Waals surface area (Å²) in [4.78, 5) is 25.1. The molecule has 0 unspecified atom stereocenters. The smallest absolute Gasteiger partial charge is 0.249 e. The molecule has 28 heavy (non-hydrogen) atoms. The summed E-state index contributed by atoms with van der Waals surface area (Å²) in [7, 11) is 0. The molecule has 4 rings (SSSR count). The van der Waals surface area contributed by atoms with E-state index in [1.165, 1.54) is 0 Å². The van der Waals surface area contributed by atoms with Crippen molar-refractivity contribution in [3.05, 3.63) is 64.1 Å². The van der Waals surface area contributed by atoms with Crippen LogP contribution in [0.4, 0.5) is 11.5 Å². The maximum Gasteiger partial charge on any atom is 0.249 e. The van der Waals surface area contributed by atoms with Crippen LogP contribution < -0.4 is 10.6 Å². The van der Waals surface area contributed by atoms with Crippen LogP contribution in [0.5, 0.6) is 0 Å². The van der Waals surface area contributed by atoms with Crippen LogP contribution in [-0.4, -0.2) is 21.6 Å². The Bertz CT molecular complexity index is 1080. The fourth-order valence-corrected chi connectivity index (χ4v) is 3.53. The highest BCUT2D eigenvalue weighted by Gasteiger charge is 2.34. The van der Waals surface area contributed by atoms with Gasteiger partial charge in [0, 0.05) is 26.9 Å². The van der Waals surface area contributed by atoms with Gasteiger partial charge in [0.25, 0.3) is 0 Å². The summed E-state index contributed by atoms with van der Waals surface area (Å²) in [6.07, 6.45) is 0.000572. The molecule has 0 spiro atoms. The summed E-state index contributed by atoms with van der Waals surface area (Å²) < 4.78 is 1.57. The highest BCUT2D eigenvalue weighted by atomic mass is 35.5. The van der Waals surface area contributed by atoms with E-state index in [4.69, 9.17) is 23.2 Å². The lowest BCUT2D eigenvalue weighted by Gasteiger charge is -2.24. The van der Waals surface area contributed by atoms with E-state index in [0.717, 1.165) is 11.1 Å². The maximum absolute atomic E-state index is 12.9. The minimum atomic E-state index is -0.762. The molecule has 0 saturated heterocycles. The van der Waals surface area contributed by atoms with Crippen molar-refractivity contribution in [2.45, 2.75) is 19.4 Å². The number of nitrogens with one attached hydrogen (secondary N) is 2. The summed E-state index contributed by atoms with van der Waals surface area (Å²) in [5.74, 6) is -0.0413. The van der Waals surface area contributed by atoms with Gasteiger partial charge in [-0.25, -0.2) is 4.68 Å². The Labute approximate surface area is 171 Å². The first kappa shape index (κ1) is 18.5. The first-order valence-electron chi connectivity index (χ1n) is 8.63. The number of carbonyl (C=O) groups is 2. The zero-order chi connectivity index (χ0) is 19.8. The molecule has 1 aliphatic rings. The largest absolute Gasteiger partial charge is 0.324 e. The third-order valence-electron chi connectivity index (χ3n) is 4.59. The van der Waals surface area contributed by atoms with Gasteiger partial charge in [0.1, 0.15) is 11.9 Å². The second kappa shape index (κ2) is 7.30. The first-order chi connectivity index (χ1) is 13.4. The van der Waals surface area contributed by atoms with E-state index in [-0.39, 0.29) is 18.2 Å². The molecule has 1 aliphatic heterocycles. The number of nitrogens with zero attached hydrogens (tertiary/aromatic N) is 2. The monoisotopic (exact) mass is 414 g/mol. The Balaban J connectivity index is 1.70. The average Bonchev–Trinajstić information content (AvgIpc) is 2.98. The van der Waals surface area contributed by atoms with Gasteiger partial charge < -0.3 is 10.6 Å². The number of amides is 2. The molecule has 2 heterocycles. The van der Waals surface area contributed by atoms with Gasteiger partial charge in [-0.05, 0) is 37.3 Å². The number of rotatable bonds is 3. The average molecular weight is 415 g/mol. The number of benzene rings is 2. The van der Waals surface area contributed by atoms with Gasteiger partial charge in [-0.1, -0.05) is 41.4 Å². The van der Waals surface area contributed by atoms with Crippen molar-refractivity contribution in [1.29, 1.82) is 0 Å². The minimum absolute atomic E-state index is 0.000572. The van der Waals surface area contributed by atoms with E-state index >= 15 is 0 Å². The first-order valence-corrected chi connectivity index (χ1v) is 9.39. The number of halogens is 2. The van der Waals surface area contributed by atoms with Crippen LogP contribution in [0.3, 0.4) is 0 Å². The minimum Gasteiger partial charge on any atom is -0.324 e. The van der Waals surface area contributed by atoms with Crippen molar-refractivity contribution in [2.24, 2.45) is 0 Å². The molecule has 2 aromatic carbocycles. The normalized spacial score (nSPS) is 15.7. The molecule has 1 aromatic heterocycles. The molecule has 3 aromatic rings. The summed E-state index contributed by atoms with van der Waals surface area (Å²) in [5.41, 5.74) is 2.89. The maximum atomic E-state index is 12.9. The summed E-state index contributed by atoms with van der Waals surface area (Å²) in [6, 6.07) is 13.3. The van der Waals surface area contributed by atoms with Crippen LogP contribution in [0.1, 0.15) is 18.0 Å². The number of hydrogen-bond acceptors (Lipinski definition) is 3. The van der Waals surface area contributed by atoms with Gasteiger partial charge in [0.05, 0.1) is 12.1 Å². The highest BCUT2D eigenvalue weighted by Crippen LogP contribution is 2.34. The molecule has 8 heteroatoms. The molecule has 0 bridgehead atoms. The van der Waals surface area contributed by atoms with Crippen LogP contribution in [-0.2, 0) is 9.59 Å². The van der Waals surface area contributed by atoms with E-state index in [1.54, 1.807) is 41.1 Å². The van der Waals surface area contributed by atoms with Crippen molar-refractivity contribution in [3.63, 3.8) is 0 Å². The molecule has 0 radical (unpaired) electrons. The summed E-state index contributed by atoms with van der Waals surface area (Å²) in [5, 5.41) is 11.4. The van der Waals surface area contributed by atoms with Crippen molar-refractivity contribution < 1.29 is 9.59 Å². The zero-order valence-electron chi connectivity index (χ0n) is 14.9. The quantitative estimate of drug-likeness (QED) is 0.652. The van der Waals surface area contributed by atoms with Gasteiger partial charge in [-0.2, -0.15) is 5.10 Å². The van der Waals surface area contributed by atoms with E-state index < -0.39 is 6.04 Å². The van der Waals surface area contributed by atoms with E-state index in [2.05, 4.69) is 15.7 Å². The fraction of sp³-hybridized carbons (Fsp3) is 0.150. The number of hydrogen-bond donors (Lipinski definition) is 2. The van der Waals surface area contributed by atoms with Gasteiger partial charge in [0.15, 0.2) is 0 Å². The molecule has 0 saturated carbocycles.